The maximum Gasteiger partial charge on any atom is 0.279 e. The number of benzene rings is 2. The van der Waals surface area contributed by atoms with Gasteiger partial charge in [-0.05, 0) is 41.5 Å². The zero-order valence-corrected chi connectivity index (χ0v) is 18.4. The van der Waals surface area contributed by atoms with Gasteiger partial charge in [0.15, 0.2) is 6.04 Å². The molecule has 2 amide bonds. The van der Waals surface area contributed by atoms with Crippen molar-refractivity contribution < 1.29 is 14.9 Å². The predicted molar refractivity (Wildman–Crippen MR) is 120 cm³/mol. The molecule has 1 heterocycles. The number of nitrogens with two attached hydrogens (primary N) is 1. The van der Waals surface area contributed by atoms with Crippen molar-refractivity contribution in [2.24, 2.45) is 5.92 Å². The molecule has 0 radical (unpaired) electrons. The first-order valence-corrected chi connectivity index (χ1v) is 10.9. The van der Waals surface area contributed by atoms with Crippen LogP contribution < -0.4 is 16.0 Å². The molecule has 2 aromatic carbocycles. The van der Waals surface area contributed by atoms with Crippen LogP contribution in [0.15, 0.2) is 48.5 Å². The van der Waals surface area contributed by atoms with Gasteiger partial charge in [-0.25, -0.2) is 0 Å². The molecule has 160 valence electrons. The fraction of sp³-hybridized carbons (Fsp3) is 0.440. The van der Waals surface area contributed by atoms with Crippen molar-refractivity contribution in [3.05, 3.63) is 65.2 Å². The van der Waals surface area contributed by atoms with Crippen molar-refractivity contribution in [1.82, 2.24) is 5.32 Å². The molecule has 0 saturated carbocycles. The lowest BCUT2D eigenvalue weighted by molar-refractivity contribution is -0.695. The highest BCUT2D eigenvalue weighted by Gasteiger charge is 2.31. The summed E-state index contributed by atoms with van der Waals surface area (Å²) in [4.78, 5) is 25.9. The lowest BCUT2D eigenvalue weighted by Crippen LogP contribution is -2.93. The number of fused-ring (bicyclic) bond motifs is 1. The number of anilines is 1. The highest BCUT2D eigenvalue weighted by Crippen LogP contribution is 2.18. The second-order valence-electron chi connectivity index (χ2n) is 8.98. The Bertz CT molecular complexity index is 874. The maximum atomic E-state index is 13.0. The van der Waals surface area contributed by atoms with E-state index < -0.39 is 6.04 Å². The Morgan fingerprint density at radius 3 is 2.30 bits per heavy atom. The molecule has 2 atom stereocenters. The molecule has 1 aliphatic rings. The number of hydrogen-bond donors (Lipinski definition) is 3. The normalized spacial score (nSPS) is 16.8. The van der Waals surface area contributed by atoms with Crippen molar-refractivity contribution in [2.45, 2.75) is 65.1 Å². The molecule has 4 N–H and O–H groups in total. The molecule has 5 nitrogen and oxygen atoms in total. The Labute approximate surface area is 179 Å². The second kappa shape index (κ2) is 9.90. The van der Waals surface area contributed by atoms with Crippen molar-refractivity contribution in [2.75, 3.05) is 5.32 Å². The lowest BCUT2D eigenvalue weighted by Gasteiger charge is -2.25. The zero-order chi connectivity index (χ0) is 21.7. The zero-order valence-electron chi connectivity index (χ0n) is 18.4. The lowest BCUT2D eigenvalue weighted by atomic mass is 9.95. The number of rotatable bonds is 7. The molecule has 5 heteroatoms. The van der Waals surface area contributed by atoms with E-state index in [1.807, 2.05) is 36.4 Å². The van der Waals surface area contributed by atoms with Crippen LogP contribution in [0.1, 0.15) is 56.7 Å². The molecule has 1 aliphatic heterocycles. The third-order valence-corrected chi connectivity index (χ3v) is 5.70. The Morgan fingerprint density at radius 1 is 1.00 bits per heavy atom. The Kier molecular flexibility index (Phi) is 7.27. The standard InChI is InChI=1S/C25H33N3O2/c1-16(2)13-23(25(30)27-21-11-9-18(10-12-21)17(3)4)28-24(29)22-14-19-7-5-6-8-20(19)15-26-22/h5-12,16-17,22-23,26H,13-15H2,1-4H3,(H,27,30)(H,28,29)/p+1/t22-,23-/m0/s1. The van der Waals surface area contributed by atoms with Crippen LogP contribution in [-0.4, -0.2) is 23.9 Å². The van der Waals surface area contributed by atoms with E-state index in [1.54, 1.807) is 0 Å². The van der Waals surface area contributed by atoms with Gasteiger partial charge in [0, 0.05) is 17.7 Å². The minimum Gasteiger partial charge on any atom is -0.339 e. The summed E-state index contributed by atoms with van der Waals surface area (Å²) in [5.74, 6) is 0.506. The molecule has 0 saturated heterocycles. The third kappa shape index (κ3) is 5.70. The van der Waals surface area contributed by atoms with Gasteiger partial charge in [0.25, 0.3) is 5.91 Å². The number of carbonyl (C=O) groups is 2. The molecule has 0 bridgehead atoms. The highest BCUT2D eigenvalue weighted by molar-refractivity contribution is 5.97. The van der Waals surface area contributed by atoms with Gasteiger partial charge in [0.05, 0.1) is 0 Å². The van der Waals surface area contributed by atoms with Crippen LogP contribution >= 0.6 is 0 Å². The van der Waals surface area contributed by atoms with E-state index in [1.165, 1.54) is 16.7 Å². The number of amides is 2. The van der Waals surface area contributed by atoms with E-state index in [9.17, 15) is 9.59 Å². The van der Waals surface area contributed by atoms with Gasteiger partial charge in [0.2, 0.25) is 5.91 Å². The summed E-state index contributed by atoms with van der Waals surface area (Å²) in [5.41, 5.74) is 4.48. The van der Waals surface area contributed by atoms with E-state index >= 15 is 0 Å². The summed E-state index contributed by atoms with van der Waals surface area (Å²) in [7, 11) is 0. The first-order chi connectivity index (χ1) is 14.3. The fourth-order valence-electron chi connectivity index (χ4n) is 3.91. The van der Waals surface area contributed by atoms with Crippen molar-refractivity contribution in [1.29, 1.82) is 0 Å². The van der Waals surface area contributed by atoms with E-state index in [-0.39, 0.29) is 17.9 Å². The van der Waals surface area contributed by atoms with E-state index in [0.717, 1.165) is 12.2 Å². The molecule has 0 aliphatic carbocycles. The van der Waals surface area contributed by atoms with Gasteiger partial charge in [-0.2, -0.15) is 0 Å². The maximum absolute atomic E-state index is 13.0. The van der Waals surface area contributed by atoms with Crippen molar-refractivity contribution in [3.8, 4) is 0 Å². The van der Waals surface area contributed by atoms with E-state index in [0.29, 0.717) is 24.7 Å². The largest absolute Gasteiger partial charge is 0.339 e. The van der Waals surface area contributed by atoms with Crippen LogP contribution in [0, 0.1) is 5.92 Å². The average molecular weight is 409 g/mol. The van der Waals surface area contributed by atoms with Crippen LogP contribution in [0.4, 0.5) is 5.69 Å². The monoisotopic (exact) mass is 408 g/mol. The summed E-state index contributed by atoms with van der Waals surface area (Å²) in [6.07, 6.45) is 1.29. The van der Waals surface area contributed by atoms with E-state index in [2.05, 4.69) is 55.8 Å². The molecule has 30 heavy (non-hydrogen) atoms. The summed E-state index contributed by atoms with van der Waals surface area (Å²) in [6.45, 7) is 9.20. The van der Waals surface area contributed by atoms with Gasteiger partial charge in [-0.15, -0.1) is 0 Å². The summed E-state index contributed by atoms with van der Waals surface area (Å²) in [5, 5.41) is 8.05. The Balaban J connectivity index is 1.65. The van der Waals surface area contributed by atoms with Crippen LogP contribution in [-0.2, 0) is 22.6 Å². The topological polar surface area (TPSA) is 74.8 Å². The second-order valence-corrected chi connectivity index (χ2v) is 8.98. The van der Waals surface area contributed by atoms with Gasteiger partial charge >= 0.3 is 0 Å². The number of quaternary nitrogens is 1. The molecule has 0 fully saturated rings. The SMILES string of the molecule is CC(C)C[C@H](NC(=O)[C@@H]1Cc2ccccc2C[NH2+]1)C(=O)Nc1ccc(C(C)C)cc1. The first kappa shape index (κ1) is 22.0. The van der Waals surface area contributed by atoms with Gasteiger partial charge < -0.3 is 16.0 Å². The molecule has 2 aromatic rings. The quantitative estimate of drug-likeness (QED) is 0.659. The van der Waals surface area contributed by atoms with Crippen LogP contribution in [0.5, 0.6) is 0 Å². The van der Waals surface area contributed by atoms with Gasteiger partial charge in [-0.1, -0.05) is 64.1 Å². The number of hydrogen-bond acceptors (Lipinski definition) is 2. The number of carbonyl (C=O) groups excluding carboxylic acids is 2. The van der Waals surface area contributed by atoms with Crippen LogP contribution in [0.3, 0.4) is 0 Å². The van der Waals surface area contributed by atoms with Crippen molar-refractivity contribution >= 4 is 17.5 Å². The summed E-state index contributed by atoms with van der Waals surface area (Å²) in [6, 6.07) is 15.4. The van der Waals surface area contributed by atoms with Crippen LogP contribution in [0.2, 0.25) is 0 Å². The Morgan fingerprint density at radius 2 is 1.67 bits per heavy atom. The van der Waals surface area contributed by atoms with Crippen LogP contribution in [0.25, 0.3) is 0 Å². The Hall–Kier alpha value is -2.66. The minimum absolute atomic E-state index is 0.0690. The summed E-state index contributed by atoms with van der Waals surface area (Å²) >= 11 is 0. The summed E-state index contributed by atoms with van der Waals surface area (Å²) < 4.78 is 0. The van der Waals surface area contributed by atoms with Gasteiger partial charge in [-0.3, -0.25) is 9.59 Å². The molecule has 0 spiro atoms. The minimum atomic E-state index is -0.548. The first-order valence-electron chi connectivity index (χ1n) is 10.9. The molecular weight excluding hydrogens is 374 g/mol. The van der Waals surface area contributed by atoms with Gasteiger partial charge in [0.1, 0.15) is 12.6 Å². The van der Waals surface area contributed by atoms with Crippen molar-refractivity contribution in [3.63, 3.8) is 0 Å². The molecule has 3 rings (SSSR count). The molecular formula is C25H34N3O2+. The fourth-order valence-corrected chi connectivity index (χ4v) is 3.91. The average Bonchev–Trinajstić information content (AvgIpc) is 2.72. The highest BCUT2D eigenvalue weighted by atomic mass is 16.2. The molecule has 0 unspecified atom stereocenters. The molecule has 0 aromatic heterocycles. The third-order valence-electron chi connectivity index (χ3n) is 5.70. The smallest absolute Gasteiger partial charge is 0.279 e. The number of nitrogens with one attached hydrogen (secondary N) is 2. The van der Waals surface area contributed by atoms with E-state index in [4.69, 9.17) is 0 Å². The predicted octanol–water partition coefficient (Wildman–Crippen LogP) is 2.97.